The van der Waals surface area contributed by atoms with E-state index in [9.17, 15) is 18.0 Å². The molecule has 0 radical (unpaired) electrons. The summed E-state index contributed by atoms with van der Waals surface area (Å²) in [7, 11) is -3.87. The maximum Gasteiger partial charge on any atom is 0.309 e. The number of benzene rings is 1. The van der Waals surface area contributed by atoms with Gasteiger partial charge in [0.05, 0.1) is 17.4 Å². The van der Waals surface area contributed by atoms with Crippen LogP contribution in [0.5, 0.6) is 0 Å². The van der Waals surface area contributed by atoms with E-state index >= 15 is 0 Å². The molecule has 0 bridgehead atoms. The first-order chi connectivity index (χ1) is 14.0. The number of esters is 1. The van der Waals surface area contributed by atoms with Crippen molar-refractivity contribution >= 4 is 21.9 Å². The topological polar surface area (TPSA) is 92.8 Å². The van der Waals surface area contributed by atoms with Crippen LogP contribution in [0.25, 0.3) is 0 Å². The zero-order valence-corrected chi connectivity index (χ0v) is 19.6. The van der Waals surface area contributed by atoms with E-state index in [1.54, 1.807) is 25.7 Å². The van der Waals surface area contributed by atoms with Crippen LogP contribution < -0.4 is 4.72 Å². The standard InChI is InChI=1S/C22H34N2O5S/c1-7-29-22(26)18-8-10-24(11-9-18)21(25)19(14(2)3)23-30(27,28)20-16(5)12-15(4)13-17(20)6/h12-14,18-19,23H,7-11H2,1-6H3. The lowest BCUT2D eigenvalue weighted by Crippen LogP contribution is -2.53. The van der Waals surface area contributed by atoms with E-state index in [4.69, 9.17) is 4.74 Å². The third kappa shape index (κ3) is 5.60. The molecule has 7 nitrogen and oxygen atoms in total. The second-order valence-corrected chi connectivity index (χ2v) is 10.1. The van der Waals surface area contributed by atoms with Gasteiger partial charge in [-0.05, 0) is 57.6 Å². The Balaban J connectivity index is 2.17. The summed E-state index contributed by atoms with van der Waals surface area (Å²) < 4.78 is 34.0. The van der Waals surface area contributed by atoms with Crippen LogP contribution in [0.15, 0.2) is 17.0 Å². The summed E-state index contributed by atoms with van der Waals surface area (Å²) in [5.74, 6) is -0.906. The minimum Gasteiger partial charge on any atom is -0.466 e. The van der Waals surface area contributed by atoms with Gasteiger partial charge in [-0.3, -0.25) is 9.59 Å². The number of carbonyl (C=O) groups excluding carboxylic acids is 2. The Labute approximate surface area is 180 Å². The van der Waals surface area contributed by atoms with Gasteiger partial charge in [0, 0.05) is 13.1 Å². The fourth-order valence-corrected chi connectivity index (χ4v) is 5.87. The van der Waals surface area contributed by atoms with Crippen molar-refractivity contribution in [2.45, 2.75) is 65.3 Å². The molecule has 1 aliphatic heterocycles. The van der Waals surface area contributed by atoms with Crippen LogP contribution >= 0.6 is 0 Å². The van der Waals surface area contributed by atoms with Crippen LogP contribution in [-0.2, 0) is 24.3 Å². The van der Waals surface area contributed by atoms with E-state index in [0.29, 0.717) is 43.7 Å². The quantitative estimate of drug-likeness (QED) is 0.661. The highest BCUT2D eigenvalue weighted by Gasteiger charge is 2.35. The number of carbonyl (C=O) groups is 2. The summed E-state index contributed by atoms with van der Waals surface area (Å²) in [5, 5.41) is 0. The summed E-state index contributed by atoms with van der Waals surface area (Å²) in [4.78, 5) is 27.0. The molecule has 1 aliphatic rings. The van der Waals surface area contributed by atoms with E-state index in [-0.39, 0.29) is 28.6 Å². The molecule has 1 unspecified atom stereocenters. The molecule has 1 saturated heterocycles. The number of ether oxygens (including phenoxy) is 1. The smallest absolute Gasteiger partial charge is 0.309 e. The Bertz CT molecular complexity index is 864. The predicted molar refractivity (Wildman–Crippen MR) is 116 cm³/mol. The molecule has 0 aromatic heterocycles. The molecule has 1 aromatic rings. The molecule has 1 atom stereocenters. The lowest BCUT2D eigenvalue weighted by atomic mass is 9.95. The van der Waals surface area contributed by atoms with Crippen LogP contribution in [0.3, 0.4) is 0 Å². The number of likely N-dealkylation sites (tertiary alicyclic amines) is 1. The maximum atomic E-state index is 13.2. The van der Waals surface area contributed by atoms with Crippen molar-refractivity contribution in [3.63, 3.8) is 0 Å². The molecule has 0 spiro atoms. The molecule has 1 N–H and O–H groups in total. The van der Waals surface area contributed by atoms with E-state index in [2.05, 4.69) is 4.72 Å². The number of sulfonamides is 1. The third-order valence-electron chi connectivity index (χ3n) is 5.51. The Morgan fingerprint density at radius 3 is 2.13 bits per heavy atom. The Morgan fingerprint density at radius 1 is 1.13 bits per heavy atom. The molecule has 1 amide bonds. The molecule has 1 aromatic carbocycles. The van der Waals surface area contributed by atoms with Crippen molar-refractivity contribution in [1.82, 2.24) is 9.62 Å². The Morgan fingerprint density at radius 2 is 1.67 bits per heavy atom. The molecule has 0 saturated carbocycles. The summed E-state index contributed by atoms with van der Waals surface area (Å²) in [6, 6.07) is 2.79. The summed E-state index contributed by atoms with van der Waals surface area (Å²) in [5.41, 5.74) is 2.31. The largest absolute Gasteiger partial charge is 0.466 e. The fraction of sp³-hybridized carbons (Fsp3) is 0.636. The predicted octanol–water partition coefficient (Wildman–Crippen LogP) is 2.72. The van der Waals surface area contributed by atoms with Crippen LogP contribution in [-0.4, -0.2) is 50.9 Å². The Kier molecular flexibility index (Phi) is 8.05. The van der Waals surface area contributed by atoms with E-state index in [0.717, 1.165) is 5.56 Å². The minimum atomic E-state index is -3.87. The molecule has 2 rings (SSSR count). The van der Waals surface area contributed by atoms with Gasteiger partial charge in [0.25, 0.3) is 0 Å². The maximum absolute atomic E-state index is 13.2. The summed E-state index contributed by atoms with van der Waals surface area (Å²) >= 11 is 0. The third-order valence-corrected chi connectivity index (χ3v) is 7.26. The fourth-order valence-electron chi connectivity index (χ4n) is 4.08. The van der Waals surface area contributed by atoms with Gasteiger partial charge in [-0.1, -0.05) is 31.5 Å². The van der Waals surface area contributed by atoms with Gasteiger partial charge in [-0.25, -0.2) is 8.42 Å². The van der Waals surface area contributed by atoms with Crippen LogP contribution in [0.2, 0.25) is 0 Å². The lowest BCUT2D eigenvalue weighted by molar-refractivity contribution is -0.151. The molecule has 30 heavy (non-hydrogen) atoms. The van der Waals surface area contributed by atoms with Crippen molar-refractivity contribution in [2.24, 2.45) is 11.8 Å². The monoisotopic (exact) mass is 438 g/mol. The second kappa shape index (κ2) is 9.92. The lowest BCUT2D eigenvalue weighted by Gasteiger charge is -2.34. The Hall–Kier alpha value is -1.93. The van der Waals surface area contributed by atoms with Gasteiger partial charge >= 0.3 is 5.97 Å². The number of rotatable bonds is 7. The van der Waals surface area contributed by atoms with Crippen molar-refractivity contribution < 1.29 is 22.7 Å². The highest BCUT2D eigenvalue weighted by atomic mass is 32.2. The van der Waals surface area contributed by atoms with Crippen LogP contribution in [0.4, 0.5) is 0 Å². The van der Waals surface area contributed by atoms with Gasteiger partial charge in [0.15, 0.2) is 0 Å². The number of hydrogen-bond acceptors (Lipinski definition) is 5. The van der Waals surface area contributed by atoms with Crippen molar-refractivity contribution in [3.05, 3.63) is 28.8 Å². The first-order valence-electron chi connectivity index (χ1n) is 10.5. The summed E-state index contributed by atoms with van der Waals surface area (Å²) in [6.07, 6.45) is 1.05. The SMILES string of the molecule is CCOC(=O)C1CCN(C(=O)C(NS(=O)(=O)c2c(C)cc(C)cc2C)C(C)C)CC1. The molecule has 8 heteroatoms. The van der Waals surface area contributed by atoms with Crippen molar-refractivity contribution in [3.8, 4) is 0 Å². The molecular formula is C22H34N2O5S. The van der Waals surface area contributed by atoms with E-state index < -0.39 is 16.1 Å². The molecule has 1 heterocycles. The molecule has 168 valence electrons. The van der Waals surface area contributed by atoms with Gasteiger partial charge in [-0.2, -0.15) is 4.72 Å². The zero-order valence-electron chi connectivity index (χ0n) is 18.8. The average Bonchev–Trinajstić information content (AvgIpc) is 2.64. The first-order valence-corrected chi connectivity index (χ1v) is 12.0. The van der Waals surface area contributed by atoms with Gasteiger partial charge < -0.3 is 9.64 Å². The molecular weight excluding hydrogens is 404 g/mol. The van der Waals surface area contributed by atoms with Gasteiger partial charge in [0.2, 0.25) is 15.9 Å². The number of hydrogen-bond donors (Lipinski definition) is 1. The number of nitrogens with one attached hydrogen (secondary N) is 1. The normalized spacial score (nSPS) is 16.6. The number of aryl methyl sites for hydroxylation is 3. The highest BCUT2D eigenvalue weighted by Crippen LogP contribution is 2.24. The van der Waals surface area contributed by atoms with E-state index in [1.165, 1.54) is 0 Å². The van der Waals surface area contributed by atoms with Gasteiger partial charge in [0.1, 0.15) is 6.04 Å². The number of nitrogens with zero attached hydrogens (tertiary/aromatic N) is 1. The van der Waals surface area contributed by atoms with Gasteiger partial charge in [-0.15, -0.1) is 0 Å². The summed E-state index contributed by atoms with van der Waals surface area (Å²) in [6.45, 7) is 12.0. The van der Waals surface area contributed by atoms with Crippen LogP contribution in [0, 0.1) is 32.6 Å². The molecule has 1 fully saturated rings. The second-order valence-electron chi connectivity index (χ2n) is 8.42. The van der Waals surface area contributed by atoms with Crippen molar-refractivity contribution in [1.29, 1.82) is 0 Å². The molecule has 0 aliphatic carbocycles. The number of amides is 1. The van der Waals surface area contributed by atoms with Crippen LogP contribution in [0.1, 0.15) is 50.3 Å². The number of piperidine rings is 1. The zero-order chi connectivity index (χ0) is 22.6. The van der Waals surface area contributed by atoms with E-state index in [1.807, 2.05) is 32.9 Å². The average molecular weight is 439 g/mol. The first kappa shape index (κ1) is 24.3. The highest BCUT2D eigenvalue weighted by molar-refractivity contribution is 7.89. The minimum absolute atomic E-state index is 0.207. The van der Waals surface area contributed by atoms with Crippen molar-refractivity contribution in [2.75, 3.05) is 19.7 Å².